The highest BCUT2D eigenvalue weighted by Gasteiger charge is 2.36. The first kappa shape index (κ1) is 13.5. The predicted molar refractivity (Wildman–Crippen MR) is 63.3 cm³/mol. The first-order valence-electron chi connectivity index (χ1n) is 5.22. The standard InChI is InChI=1S/C9H9N5O6/c10-7-4(14(18)19)8(12-2-11-7)13-9-6(17)5(16)3(1-15)20-9/h2-3,15,17H,1H2,(H3,10,11,12,13). The van der Waals surface area contributed by atoms with Crippen molar-refractivity contribution in [2.45, 2.75) is 6.10 Å². The average Bonchev–Trinajstić information content (AvgIpc) is 2.66. The molecule has 0 radical (unpaired) electrons. The van der Waals surface area contributed by atoms with E-state index in [0.29, 0.717) is 0 Å². The van der Waals surface area contributed by atoms with Crippen LogP contribution in [0, 0.1) is 10.1 Å². The number of Topliss-reactive ketones (excluding diaryl/α,β-unsaturated/α-hetero) is 1. The minimum absolute atomic E-state index is 0.351. The van der Waals surface area contributed by atoms with E-state index in [1.165, 1.54) is 0 Å². The van der Waals surface area contributed by atoms with Crippen LogP contribution in [0.5, 0.6) is 0 Å². The summed E-state index contributed by atoms with van der Waals surface area (Å²) < 4.78 is 4.91. The third-order valence-electron chi connectivity index (χ3n) is 2.43. The van der Waals surface area contributed by atoms with Crippen LogP contribution in [-0.4, -0.2) is 43.6 Å². The minimum atomic E-state index is -1.27. The molecule has 1 aliphatic rings. The van der Waals surface area contributed by atoms with Crippen LogP contribution in [0.4, 0.5) is 17.3 Å². The van der Waals surface area contributed by atoms with Crippen LogP contribution >= 0.6 is 0 Å². The number of ether oxygens (including phenoxy) is 1. The summed E-state index contributed by atoms with van der Waals surface area (Å²) in [4.78, 5) is 28.5. The Bertz CT molecular complexity index is 615. The maximum atomic E-state index is 11.4. The number of nitrogens with one attached hydrogen (secondary N) is 1. The van der Waals surface area contributed by atoms with Crippen LogP contribution < -0.4 is 11.1 Å². The molecule has 1 unspecified atom stereocenters. The van der Waals surface area contributed by atoms with Gasteiger partial charge in [0.25, 0.3) is 0 Å². The molecule has 0 aliphatic carbocycles. The summed E-state index contributed by atoms with van der Waals surface area (Å²) in [6.07, 6.45) is -0.307. The molecule has 0 saturated heterocycles. The van der Waals surface area contributed by atoms with Crippen LogP contribution in [-0.2, 0) is 9.53 Å². The van der Waals surface area contributed by atoms with Gasteiger partial charge in [0.1, 0.15) is 6.33 Å². The highest BCUT2D eigenvalue weighted by Crippen LogP contribution is 2.29. The molecule has 106 valence electrons. The number of ketones is 1. The molecule has 0 bridgehead atoms. The minimum Gasteiger partial charge on any atom is -0.501 e. The van der Waals surface area contributed by atoms with E-state index in [1.54, 1.807) is 0 Å². The van der Waals surface area contributed by atoms with Gasteiger partial charge in [-0.3, -0.25) is 14.9 Å². The topological polar surface area (TPSA) is 174 Å². The Kier molecular flexibility index (Phi) is 3.35. The fourth-order valence-corrected chi connectivity index (χ4v) is 1.50. The molecule has 2 rings (SSSR count). The molecule has 11 heteroatoms. The van der Waals surface area contributed by atoms with Gasteiger partial charge in [0.05, 0.1) is 11.5 Å². The van der Waals surface area contributed by atoms with E-state index in [9.17, 15) is 20.0 Å². The number of aliphatic hydroxyl groups is 2. The number of aromatic nitrogens is 2. The zero-order valence-corrected chi connectivity index (χ0v) is 9.81. The van der Waals surface area contributed by atoms with Crippen molar-refractivity contribution < 1.29 is 24.7 Å². The average molecular weight is 283 g/mol. The summed E-state index contributed by atoms with van der Waals surface area (Å²) >= 11 is 0. The third-order valence-corrected chi connectivity index (χ3v) is 2.43. The lowest BCUT2D eigenvalue weighted by Gasteiger charge is -2.09. The van der Waals surface area contributed by atoms with Crippen molar-refractivity contribution in [3.63, 3.8) is 0 Å². The molecule has 11 nitrogen and oxygen atoms in total. The molecule has 0 spiro atoms. The highest BCUT2D eigenvalue weighted by molar-refractivity contribution is 5.99. The summed E-state index contributed by atoms with van der Waals surface area (Å²) in [5.74, 6) is -2.84. The number of nitrogen functional groups attached to an aromatic ring is 1. The Morgan fingerprint density at radius 3 is 2.80 bits per heavy atom. The normalized spacial score (nSPS) is 18.1. The number of nitrogens with zero attached hydrogens (tertiary/aromatic N) is 3. The lowest BCUT2D eigenvalue weighted by atomic mass is 10.2. The Balaban J connectivity index is 2.35. The molecule has 2 heterocycles. The molecule has 1 atom stereocenters. The van der Waals surface area contributed by atoms with Gasteiger partial charge in [-0.2, -0.15) is 0 Å². The van der Waals surface area contributed by atoms with Gasteiger partial charge in [0.15, 0.2) is 6.10 Å². The van der Waals surface area contributed by atoms with Crippen molar-refractivity contribution in [2.75, 3.05) is 17.7 Å². The zero-order valence-electron chi connectivity index (χ0n) is 9.81. The Morgan fingerprint density at radius 2 is 2.25 bits per heavy atom. The van der Waals surface area contributed by atoms with E-state index >= 15 is 0 Å². The number of carbonyl (C=O) groups is 1. The van der Waals surface area contributed by atoms with Gasteiger partial charge in [-0.05, 0) is 0 Å². The number of rotatable bonds is 4. The molecule has 20 heavy (non-hydrogen) atoms. The van der Waals surface area contributed by atoms with E-state index in [2.05, 4.69) is 15.3 Å². The summed E-state index contributed by atoms with van der Waals surface area (Å²) in [5.41, 5.74) is 4.72. The van der Waals surface area contributed by atoms with Gasteiger partial charge in [-0.1, -0.05) is 0 Å². The van der Waals surface area contributed by atoms with Crippen LogP contribution in [0.2, 0.25) is 0 Å². The molecule has 1 aromatic heterocycles. The van der Waals surface area contributed by atoms with Crippen LogP contribution in [0.1, 0.15) is 0 Å². The van der Waals surface area contributed by atoms with Crippen LogP contribution in [0.15, 0.2) is 18.0 Å². The SMILES string of the molecule is Nc1ncnc(NC2=C(O)C(=O)C(CO)O2)c1[N+](=O)[O-]. The number of aliphatic hydroxyl groups excluding tert-OH is 2. The van der Waals surface area contributed by atoms with Gasteiger partial charge in [0.2, 0.25) is 29.1 Å². The van der Waals surface area contributed by atoms with E-state index in [1.807, 2.05) is 0 Å². The number of nitro groups is 1. The smallest absolute Gasteiger partial charge is 0.353 e. The fraction of sp³-hybridized carbons (Fsp3) is 0.222. The quantitative estimate of drug-likeness (QED) is 0.399. The monoisotopic (exact) mass is 283 g/mol. The Hall–Kier alpha value is -2.95. The lowest BCUT2D eigenvalue weighted by molar-refractivity contribution is -0.383. The first-order chi connectivity index (χ1) is 9.45. The van der Waals surface area contributed by atoms with Gasteiger partial charge < -0.3 is 26.0 Å². The molecule has 0 saturated carbocycles. The molecular formula is C9H9N5O6. The van der Waals surface area contributed by atoms with Gasteiger partial charge in [-0.15, -0.1) is 0 Å². The van der Waals surface area contributed by atoms with E-state index < -0.39 is 46.6 Å². The maximum Gasteiger partial charge on any atom is 0.353 e. The molecule has 0 amide bonds. The van der Waals surface area contributed by atoms with Gasteiger partial charge in [-0.25, -0.2) is 9.97 Å². The van der Waals surface area contributed by atoms with Crippen molar-refractivity contribution in [1.82, 2.24) is 9.97 Å². The number of anilines is 2. The van der Waals surface area contributed by atoms with Crippen molar-refractivity contribution in [2.24, 2.45) is 0 Å². The number of hydrogen-bond acceptors (Lipinski definition) is 10. The van der Waals surface area contributed by atoms with Crippen molar-refractivity contribution >= 4 is 23.1 Å². The molecule has 5 N–H and O–H groups in total. The van der Waals surface area contributed by atoms with E-state index in [0.717, 1.165) is 6.33 Å². The largest absolute Gasteiger partial charge is 0.501 e. The van der Waals surface area contributed by atoms with Gasteiger partial charge >= 0.3 is 5.69 Å². The maximum absolute atomic E-state index is 11.4. The summed E-state index contributed by atoms with van der Waals surface area (Å²) in [7, 11) is 0. The van der Waals surface area contributed by atoms with E-state index in [4.69, 9.17) is 15.6 Å². The van der Waals surface area contributed by atoms with Crippen molar-refractivity contribution in [1.29, 1.82) is 0 Å². The summed E-state index contributed by atoms with van der Waals surface area (Å²) in [6.45, 7) is -0.651. The molecular weight excluding hydrogens is 274 g/mol. The second-order valence-electron chi connectivity index (χ2n) is 3.67. The first-order valence-corrected chi connectivity index (χ1v) is 5.22. The third kappa shape index (κ3) is 2.16. The zero-order chi connectivity index (χ0) is 14.9. The number of hydrogen-bond donors (Lipinski definition) is 4. The second-order valence-corrected chi connectivity index (χ2v) is 3.67. The lowest BCUT2D eigenvalue weighted by Crippen LogP contribution is -2.22. The predicted octanol–water partition coefficient (Wildman–Crippen LogP) is -0.934. The number of carbonyl (C=O) groups excluding carboxylic acids is 1. The Labute approximate surface area is 110 Å². The molecule has 1 aromatic rings. The molecule has 1 aliphatic heterocycles. The van der Waals surface area contributed by atoms with Crippen LogP contribution in [0.3, 0.4) is 0 Å². The van der Waals surface area contributed by atoms with Crippen molar-refractivity contribution in [3.05, 3.63) is 28.1 Å². The van der Waals surface area contributed by atoms with Gasteiger partial charge in [0, 0.05) is 0 Å². The van der Waals surface area contributed by atoms with E-state index in [-0.39, 0.29) is 5.82 Å². The molecule has 0 fully saturated rings. The van der Waals surface area contributed by atoms with Crippen molar-refractivity contribution in [3.8, 4) is 0 Å². The molecule has 0 aromatic carbocycles. The highest BCUT2D eigenvalue weighted by atomic mass is 16.6. The fourth-order valence-electron chi connectivity index (χ4n) is 1.50. The Morgan fingerprint density at radius 1 is 1.55 bits per heavy atom. The summed E-state index contributed by atoms with van der Waals surface area (Å²) in [5, 5.41) is 31.5. The number of nitrogens with two attached hydrogens (primary N) is 1. The summed E-state index contributed by atoms with van der Waals surface area (Å²) in [6, 6.07) is 0. The van der Waals surface area contributed by atoms with Crippen LogP contribution in [0.25, 0.3) is 0 Å². The second kappa shape index (κ2) is 4.97.